The van der Waals surface area contributed by atoms with Gasteiger partial charge in [0, 0.05) is 25.3 Å². The summed E-state index contributed by atoms with van der Waals surface area (Å²) in [4.78, 5) is 16.4. The molecule has 0 spiro atoms. The van der Waals surface area contributed by atoms with Crippen LogP contribution < -0.4 is 9.64 Å². The molecule has 0 atom stereocenters. The van der Waals surface area contributed by atoms with Gasteiger partial charge < -0.3 is 14.5 Å². The topological polar surface area (TPSA) is 32.8 Å². The molecule has 1 aliphatic rings. The number of piperazine rings is 1. The number of nitrogens with zero attached hydrogens (tertiary/aromatic N) is 2. The number of carbonyl (C=O) groups is 1. The van der Waals surface area contributed by atoms with E-state index in [0.717, 1.165) is 30.1 Å². The number of carbonyl (C=O) groups excluding carboxylic acids is 1. The Morgan fingerprint density at radius 1 is 1.00 bits per heavy atom. The summed E-state index contributed by atoms with van der Waals surface area (Å²) < 4.78 is 5.16. The van der Waals surface area contributed by atoms with Gasteiger partial charge in [0.25, 0.3) is 0 Å². The molecule has 0 aromatic heterocycles. The van der Waals surface area contributed by atoms with Gasteiger partial charge in [0.1, 0.15) is 5.75 Å². The maximum absolute atomic E-state index is 12.4. The van der Waals surface area contributed by atoms with E-state index in [1.807, 2.05) is 59.5 Å². The Balaban J connectivity index is 1.62. The van der Waals surface area contributed by atoms with Crippen molar-refractivity contribution in [2.24, 2.45) is 0 Å². The minimum Gasteiger partial charge on any atom is -0.497 e. The van der Waals surface area contributed by atoms with Crippen molar-refractivity contribution >= 4 is 11.6 Å². The van der Waals surface area contributed by atoms with E-state index < -0.39 is 0 Å². The molecule has 3 rings (SSSR count). The molecule has 22 heavy (non-hydrogen) atoms. The van der Waals surface area contributed by atoms with Crippen LogP contribution in [-0.2, 0) is 11.3 Å². The fraction of sp³-hybridized carbons (Fsp3) is 0.278. The summed E-state index contributed by atoms with van der Waals surface area (Å²) in [6.07, 6.45) is 0. The van der Waals surface area contributed by atoms with Crippen molar-refractivity contribution in [3.05, 3.63) is 60.2 Å². The highest BCUT2D eigenvalue weighted by Crippen LogP contribution is 2.18. The Kier molecular flexibility index (Phi) is 4.28. The second-order valence-electron chi connectivity index (χ2n) is 5.42. The zero-order valence-corrected chi connectivity index (χ0v) is 12.7. The van der Waals surface area contributed by atoms with E-state index in [0.29, 0.717) is 13.1 Å². The second-order valence-corrected chi connectivity index (χ2v) is 5.42. The number of benzene rings is 2. The molecule has 0 radical (unpaired) electrons. The average Bonchev–Trinajstić information content (AvgIpc) is 2.58. The molecule has 0 saturated carbocycles. The molecule has 0 bridgehead atoms. The second kappa shape index (κ2) is 6.52. The van der Waals surface area contributed by atoms with Crippen molar-refractivity contribution in [1.82, 2.24) is 4.90 Å². The van der Waals surface area contributed by atoms with Crippen LogP contribution in [-0.4, -0.2) is 37.6 Å². The van der Waals surface area contributed by atoms with Gasteiger partial charge >= 0.3 is 0 Å². The predicted molar refractivity (Wildman–Crippen MR) is 87.1 cm³/mol. The van der Waals surface area contributed by atoms with Crippen LogP contribution in [0.25, 0.3) is 0 Å². The Bertz CT molecular complexity index is 625. The summed E-state index contributed by atoms with van der Waals surface area (Å²) in [6, 6.07) is 18.0. The van der Waals surface area contributed by atoms with Gasteiger partial charge in [0.15, 0.2) is 0 Å². The molecule has 0 unspecified atom stereocenters. The largest absolute Gasteiger partial charge is 0.497 e. The fourth-order valence-corrected chi connectivity index (χ4v) is 2.69. The zero-order chi connectivity index (χ0) is 15.4. The van der Waals surface area contributed by atoms with Crippen LogP contribution in [0.4, 0.5) is 5.69 Å². The van der Waals surface area contributed by atoms with E-state index in [1.165, 1.54) is 0 Å². The zero-order valence-electron chi connectivity index (χ0n) is 12.7. The Morgan fingerprint density at radius 3 is 2.36 bits per heavy atom. The maximum atomic E-state index is 12.4. The molecule has 1 heterocycles. The van der Waals surface area contributed by atoms with Crippen LogP contribution in [0.1, 0.15) is 5.56 Å². The molecule has 0 aliphatic carbocycles. The van der Waals surface area contributed by atoms with Gasteiger partial charge in [0.2, 0.25) is 5.91 Å². The summed E-state index contributed by atoms with van der Waals surface area (Å²) in [5.74, 6) is 1.01. The van der Waals surface area contributed by atoms with Crippen molar-refractivity contribution in [3.8, 4) is 5.75 Å². The summed E-state index contributed by atoms with van der Waals surface area (Å²) in [6.45, 7) is 2.72. The molecular weight excluding hydrogens is 276 g/mol. The number of para-hydroxylation sites is 1. The molecule has 2 aromatic carbocycles. The highest BCUT2D eigenvalue weighted by molar-refractivity contribution is 5.82. The van der Waals surface area contributed by atoms with E-state index in [9.17, 15) is 4.79 Å². The van der Waals surface area contributed by atoms with Crippen LogP contribution in [0, 0.1) is 0 Å². The Morgan fingerprint density at radius 2 is 1.73 bits per heavy atom. The van der Waals surface area contributed by atoms with Crippen LogP contribution >= 0.6 is 0 Å². The quantitative estimate of drug-likeness (QED) is 0.869. The van der Waals surface area contributed by atoms with Gasteiger partial charge in [-0.15, -0.1) is 0 Å². The minimum absolute atomic E-state index is 0.172. The molecule has 4 nitrogen and oxygen atoms in total. The van der Waals surface area contributed by atoms with Crippen molar-refractivity contribution < 1.29 is 9.53 Å². The van der Waals surface area contributed by atoms with E-state index in [2.05, 4.69) is 4.90 Å². The smallest absolute Gasteiger partial charge is 0.242 e. The lowest BCUT2D eigenvalue weighted by Crippen LogP contribution is -2.49. The van der Waals surface area contributed by atoms with Crippen LogP contribution in [0.15, 0.2) is 54.6 Å². The summed E-state index contributed by atoms with van der Waals surface area (Å²) >= 11 is 0. The minimum atomic E-state index is 0.172. The molecule has 2 aromatic rings. The first-order valence-electron chi connectivity index (χ1n) is 7.47. The molecule has 1 fully saturated rings. The third-order valence-corrected chi connectivity index (χ3v) is 3.97. The van der Waals surface area contributed by atoms with Crippen LogP contribution in [0.2, 0.25) is 0 Å². The number of hydrogen-bond acceptors (Lipinski definition) is 3. The molecule has 0 N–H and O–H groups in total. The summed E-state index contributed by atoms with van der Waals surface area (Å²) in [5.41, 5.74) is 2.24. The molecule has 1 saturated heterocycles. The molecule has 1 amide bonds. The number of rotatable bonds is 4. The SMILES string of the molecule is COc1ccc(CN2CCN(c3ccccc3)CC2=O)cc1. The van der Waals surface area contributed by atoms with E-state index in [4.69, 9.17) is 4.74 Å². The van der Waals surface area contributed by atoms with Crippen molar-refractivity contribution in [2.45, 2.75) is 6.54 Å². The van der Waals surface area contributed by atoms with Gasteiger partial charge in [-0.2, -0.15) is 0 Å². The van der Waals surface area contributed by atoms with Gasteiger partial charge in [-0.3, -0.25) is 4.79 Å². The highest BCUT2D eigenvalue weighted by atomic mass is 16.5. The number of hydrogen-bond donors (Lipinski definition) is 0. The fourth-order valence-electron chi connectivity index (χ4n) is 2.69. The van der Waals surface area contributed by atoms with Crippen molar-refractivity contribution in [2.75, 3.05) is 31.6 Å². The average molecular weight is 296 g/mol. The summed E-state index contributed by atoms with van der Waals surface area (Å²) in [7, 11) is 1.65. The van der Waals surface area contributed by atoms with Crippen molar-refractivity contribution in [1.29, 1.82) is 0 Å². The van der Waals surface area contributed by atoms with Crippen LogP contribution in [0.3, 0.4) is 0 Å². The number of amides is 1. The third kappa shape index (κ3) is 3.22. The first-order valence-corrected chi connectivity index (χ1v) is 7.47. The third-order valence-electron chi connectivity index (χ3n) is 3.97. The monoisotopic (exact) mass is 296 g/mol. The maximum Gasteiger partial charge on any atom is 0.242 e. The molecule has 4 heteroatoms. The normalized spacial score (nSPS) is 15.0. The lowest BCUT2D eigenvalue weighted by atomic mass is 10.1. The van der Waals surface area contributed by atoms with E-state index >= 15 is 0 Å². The molecule has 1 aliphatic heterocycles. The Labute approximate surface area is 130 Å². The first kappa shape index (κ1) is 14.4. The number of anilines is 1. The Hall–Kier alpha value is -2.49. The summed E-state index contributed by atoms with van der Waals surface area (Å²) in [5, 5.41) is 0. The number of methoxy groups -OCH3 is 1. The predicted octanol–water partition coefficient (Wildman–Crippen LogP) is 2.54. The van der Waals surface area contributed by atoms with Gasteiger partial charge in [-0.05, 0) is 29.8 Å². The number of ether oxygens (including phenoxy) is 1. The highest BCUT2D eigenvalue weighted by Gasteiger charge is 2.23. The van der Waals surface area contributed by atoms with Gasteiger partial charge in [-0.25, -0.2) is 0 Å². The standard InChI is InChI=1S/C18H20N2O2/c1-22-17-9-7-15(8-10-17)13-20-12-11-19(14-18(20)21)16-5-3-2-4-6-16/h2-10H,11-14H2,1H3. The lowest BCUT2D eigenvalue weighted by molar-refractivity contribution is -0.131. The van der Waals surface area contributed by atoms with Crippen LogP contribution in [0.5, 0.6) is 5.75 Å². The van der Waals surface area contributed by atoms with Crippen molar-refractivity contribution in [3.63, 3.8) is 0 Å². The first-order chi connectivity index (χ1) is 10.8. The van der Waals surface area contributed by atoms with E-state index in [-0.39, 0.29) is 5.91 Å². The molecule has 114 valence electrons. The lowest BCUT2D eigenvalue weighted by Gasteiger charge is -2.35. The van der Waals surface area contributed by atoms with Gasteiger partial charge in [-0.1, -0.05) is 30.3 Å². The van der Waals surface area contributed by atoms with Gasteiger partial charge in [0.05, 0.1) is 13.7 Å². The molecular formula is C18H20N2O2. The van der Waals surface area contributed by atoms with E-state index in [1.54, 1.807) is 7.11 Å².